The predicted octanol–water partition coefficient (Wildman–Crippen LogP) is 2.36. The minimum absolute atomic E-state index is 0.344. The Morgan fingerprint density at radius 3 is 2.87 bits per heavy atom. The van der Waals surface area contributed by atoms with E-state index in [0.29, 0.717) is 24.2 Å². The lowest BCUT2D eigenvalue weighted by atomic mass is 10.1. The van der Waals surface area contributed by atoms with Crippen LogP contribution in [0.2, 0.25) is 0 Å². The molecular formula is C12H13FN2. The summed E-state index contributed by atoms with van der Waals surface area (Å²) in [7, 11) is 0. The van der Waals surface area contributed by atoms with Gasteiger partial charge < -0.3 is 5.32 Å². The molecule has 2 nitrogen and oxygen atoms in total. The normalized spacial score (nSPS) is 9.67. The topological polar surface area (TPSA) is 35.8 Å². The van der Waals surface area contributed by atoms with E-state index in [1.807, 2.05) is 13.0 Å². The molecule has 0 unspecified atom stereocenters. The van der Waals surface area contributed by atoms with Gasteiger partial charge in [0.25, 0.3) is 0 Å². The van der Waals surface area contributed by atoms with Crippen LogP contribution in [0.5, 0.6) is 0 Å². The molecule has 0 radical (unpaired) electrons. The van der Waals surface area contributed by atoms with Crippen molar-refractivity contribution in [3.8, 4) is 6.07 Å². The van der Waals surface area contributed by atoms with E-state index in [1.54, 1.807) is 12.1 Å². The molecule has 0 aliphatic heterocycles. The number of hydrogen-bond acceptors (Lipinski definition) is 2. The van der Waals surface area contributed by atoms with Crippen LogP contribution in [0.3, 0.4) is 0 Å². The van der Waals surface area contributed by atoms with E-state index in [4.69, 9.17) is 5.26 Å². The van der Waals surface area contributed by atoms with Crippen LogP contribution < -0.4 is 5.32 Å². The van der Waals surface area contributed by atoms with Gasteiger partial charge in [0.15, 0.2) is 0 Å². The first-order valence-corrected chi connectivity index (χ1v) is 4.67. The van der Waals surface area contributed by atoms with Gasteiger partial charge in [-0.2, -0.15) is 5.26 Å². The van der Waals surface area contributed by atoms with Gasteiger partial charge in [0.2, 0.25) is 0 Å². The van der Waals surface area contributed by atoms with Crippen LogP contribution in [-0.4, -0.2) is 6.54 Å². The molecule has 78 valence electrons. The van der Waals surface area contributed by atoms with E-state index in [0.717, 1.165) is 5.57 Å². The van der Waals surface area contributed by atoms with Gasteiger partial charge in [-0.15, -0.1) is 0 Å². The Bertz CT molecular complexity index is 405. The van der Waals surface area contributed by atoms with Crippen molar-refractivity contribution in [1.29, 1.82) is 5.26 Å². The zero-order valence-corrected chi connectivity index (χ0v) is 8.68. The molecule has 0 atom stereocenters. The Balaban J connectivity index is 2.63. The fourth-order valence-electron chi connectivity index (χ4n) is 1.17. The molecule has 0 bridgehead atoms. The average molecular weight is 204 g/mol. The van der Waals surface area contributed by atoms with Gasteiger partial charge in [-0.3, -0.25) is 0 Å². The summed E-state index contributed by atoms with van der Waals surface area (Å²) in [6, 6.07) is 6.38. The van der Waals surface area contributed by atoms with Crippen molar-refractivity contribution < 1.29 is 4.39 Å². The Morgan fingerprint density at radius 2 is 2.33 bits per heavy atom. The first kappa shape index (κ1) is 11.4. The van der Waals surface area contributed by atoms with Crippen LogP contribution in [-0.2, 0) is 6.54 Å². The van der Waals surface area contributed by atoms with Gasteiger partial charge in [-0.1, -0.05) is 18.2 Å². The molecule has 0 saturated carbocycles. The van der Waals surface area contributed by atoms with Crippen molar-refractivity contribution in [2.24, 2.45) is 0 Å². The van der Waals surface area contributed by atoms with Crippen molar-refractivity contribution in [3.05, 3.63) is 47.3 Å². The molecule has 15 heavy (non-hydrogen) atoms. The first-order chi connectivity index (χ1) is 7.13. The summed E-state index contributed by atoms with van der Waals surface area (Å²) >= 11 is 0. The largest absolute Gasteiger partial charge is 0.309 e. The standard InChI is InChI=1S/C12H13FN2/c1-9(2)7-15-8-11-4-3-10(6-14)5-12(11)13/h3-5,15H,1,7-8H2,2H3. The molecule has 0 aliphatic carbocycles. The number of rotatable bonds is 4. The molecule has 0 aromatic heterocycles. The van der Waals surface area contributed by atoms with Gasteiger partial charge in [0, 0.05) is 18.7 Å². The van der Waals surface area contributed by atoms with Crippen molar-refractivity contribution in [2.45, 2.75) is 13.5 Å². The predicted molar refractivity (Wildman–Crippen MR) is 57.6 cm³/mol. The van der Waals surface area contributed by atoms with Crippen molar-refractivity contribution in [3.63, 3.8) is 0 Å². The highest BCUT2D eigenvalue weighted by Crippen LogP contribution is 2.09. The first-order valence-electron chi connectivity index (χ1n) is 4.67. The summed E-state index contributed by atoms with van der Waals surface area (Å²) in [5.74, 6) is -0.344. The lowest BCUT2D eigenvalue weighted by Crippen LogP contribution is -2.16. The molecule has 1 rings (SSSR count). The third-order valence-corrected chi connectivity index (χ3v) is 1.92. The monoisotopic (exact) mass is 204 g/mol. The maximum Gasteiger partial charge on any atom is 0.129 e. The van der Waals surface area contributed by atoms with Gasteiger partial charge >= 0.3 is 0 Å². The molecule has 0 aliphatic rings. The Hall–Kier alpha value is -1.66. The third kappa shape index (κ3) is 3.53. The maximum absolute atomic E-state index is 13.3. The van der Waals surface area contributed by atoms with E-state index >= 15 is 0 Å². The molecule has 0 spiro atoms. The third-order valence-electron chi connectivity index (χ3n) is 1.92. The Morgan fingerprint density at radius 1 is 1.60 bits per heavy atom. The molecule has 1 aromatic carbocycles. The van der Waals surface area contributed by atoms with E-state index in [9.17, 15) is 4.39 Å². The minimum atomic E-state index is -0.344. The van der Waals surface area contributed by atoms with Crippen LogP contribution in [0.15, 0.2) is 30.4 Å². The highest BCUT2D eigenvalue weighted by atomic mass is 19.1. The number of halogens is 1. The van der Waals surface area contributed by atoms with Crippen molar-refractivity contribution in [1.82, 2.24) is 5.32 Å². The number of nitrogens with one attached hydrogen (secondary N) is 1. The molecule has 1 aromatic rings. The van der Waals surface area contributed by atoms with Crippen LogP contribution in [0, 0.1) is 17.1 Å². The molecule has 3 heteroatoms. The van der Waals surface area contributed by atoms with Gasteiger partial charge in [0.1, 0.15) is 5.82 Å². The lowest BCUT2D eigenvalue weighted by molar-refractivity contribution is 0.594. The fraction of sp³-hybridized carbons (Fsp3) is 0.250. The summed E-state index contributed by atoms with van der Waals surface area (Å²) in [5.41, 5.74) is 1.91. The second-order valence-electron chi connectivity index (χ2n) is 3.48. The molecule has 0 fully saturated rings. The van der Waals surface area contributed by atoms with E-state index in [-0.39, 0.29) is 5.82 Å². The zero-order valence-electron chi connectivity index (χ0n) is 8.68. The van der Waals surface area contributed by atoms with Crippen LogP contribution in [0.25, 0.3) is 0 Å². The van der Waals surface area contributed by atoms with Gasteiger partial charge in [-0.05, 0) is 19.1 Å². The smallest absolute Gasteiger partial charge is 0.129 e. The zero-order chi connectivity index (χ0) is 11.3. The highest BCUT2D eigenvalue weighted by Gasteiger charge is 2.02. The number of nitrogens with zero attached hydrogens (tertiary/aromatic N) is 1. The molecule has 0 saturated heterocycles. The number of nitriles is 1. The van der Waals surface area contributed by atoms with Crippen molar-refractivity contribution in [2.75, 3.05) is 6.54 Å². The van der Waals surface area contributed by atoms with E-state index in [2.05, 4.69) is 11.9 Å². The summed E-state index contributed by atoms with van der Waals surface area (Å²) < 4.78 is 13.3. The van der Waals surface area contributed by atoms with E-state index in [1.165, 1.54) is 6.07 Å². The van der Waals surface area contributed by atoms with Crippen molar-refractivity contribution >= 4 is 0 Å². The number of hydrogen-bond donors (Lipinski definition) is 1. The summed E-state index contributed by atoms with van der Waals surface area (Å²) in [6.07, 6.45) is 0. The second-order valence-corrected chi connectivity index (χ2v) is 3.48. The molecular weight excluding hydrogens is 191 g/mol. The summed E-state index contributed by atoms with van der Waals surface area (Å²) in [5, 5.41) is 11.6. The fourth-order valence-corrected chi connectivity index (χ4v) is 1.17. The number of benzene rings is 1. The lowest BCUT2D eigenvalue weighted by Gasteiger charge is -2.05. The SMILES string of the molecule is C=C(C)CNCc1ccc(C#N)cc1F. The average Bonchev–Trinajstić information content (AvgIpc) is 2.20. The molecule has 0 heterocycles. The maximum atomic E-state index is 13.3. The van der Waals surface area contributed by atoms with Gasteiger partial charge in [-0.25, -0.2) is 4.39 Å². The quantitative estimate of drug-likeness (QED) is 0.764. The Kier molecular flexibility index (Phi) is 4.02. The van der Waals surface area contributed by atoms with E-state index < -0.39 is 0 Å². The highest BCUT2D eigenvalue weighted by molar-refractivity contribution is 5.32. The second kappa shape index (κ2) is 5.28. The van der Waals surface area contributed by atoms with Crippen LogP contribution >= 0.6 is 0 Å². The molecule has 0 amide bonds. The van der Waals surface area contributed by atoms with Gasteiger partial charge in [0.05, 0.1) is 11.6 Å². The molecule has 1 N–H and O–H groups in total. The van der Waals surface area contributed by atoms with Crippen LogP contribution in [0.4, 0.5) is 4.39 Å². The van der Waals surface area contributed by atoms with Crippen LogP contribution in [0.1, 0.15) is 18.1 Å². The summed E-state index contributed by atoms with van der Waals surface area (Å²) in [6.45, 7) is 6.76. The Labute approximate surface area is 89.0 Å². The summed E-state index contributed by atoms with van der Waals surface area (Å²) in [4.78, 5) is 0. The minimum Gasteiger partial charge on any atom is -0.309 e.